The van der Waals surface area contributed by atoms with E-state index in [1.165, 1.54) is 11.8 Å². The van der Waals surface area contributed by atoms with E-state index in [1.54, 1.807) is 0 Å². The molecule has 1 saturated carbocycles. The minimum atomic E-state index is -0.839. The SMILES string of the molecule is CC(C)C(SCC(=O)NC1CC1)C(=O)O. The second kappa shape index (κ2) is 5.39. The average Bonchev–Trinajstić information content (AvgIpc) is 2.86. The molecule has 1 rings (SSSR count). The Kier molecular flexibility index (Phi) is 4.45. The Morgan fingerprint density at radius 1 is 1.47 bits per heavy atom. The monoisotopic (exact) mass is 231 g/mol. The van der Waals surface area contributed by atoms with Crippen molar-refractivity contribution in [2.24, 2.45) is 5.92 Å². The molecular formula is C10H17NO3S. The fraction of sp³-hybridized carbons (Fsp3) is 0.800. The maximum atomic E-state index is 11.3. The van der Waals surface area contributed by atoms with E-state index >= 15 is 0 Å². The third-order valence-electron chi connectivity index (χ3n) is 2.19. The first-order valence-electron chi connectivity index (χ1n) is 5.14. The van der Waals surface area contributed by atoms with Crippen LogP contribution in [0.1, 0.15) is 26.7 Å². The van der Waals surface area contributed by atoms with Crippen LogP contribution in [0.25, 0.3) is 0 Å². The number of aliphatic carboxylic acids is 1. The predicted molar refractivity (Wildman–Crippen MR) is 59.9 cm³/mol. The topological polar surface area (TPSA) is 66.4 Å². The third kappa shape index (κ3) is 4.55. The van der Waals surface area contributed by atoms with Gasteiger partial charge in [-0.1, -0.05) is 13.8 Å². The van der Waals surface area contributed by atoms with Crippen molar-refractivity contribution in [2.75, 3.05) is 5.75 Å². The Balaban J connectivity index is 2.25. The zero-order chi connectivity index (χ0) is 11.4. The van der Waals surface area contributed by atoms with Crippen molar-refractivity contribution in [1.29, 1.82) is 0 Å². The summed E-state index contributed by atoms with van der Waals surface area (Å²) >= 11 is 1.20. The number of carboxylic acid groups (broad SMARTS) is 1. The predicted octanol–water partition coefficient (Wildman–Crippen LogP) is 1.11. The number of hydrogen-bond acceptors (Lipinski definition) is 3. The molecule has 0 aromatic rings. The van der Waals surface area contributed by atoms with Crippen LogP contribution < -0.4 is 5.32 Å². The molecule has 0 radical (unpaired) electrons. The van der Waals surface area contributed by atoms with Crippen molar-refractivity contribution in [1.82, 2.24) is 5.32 Å². The number of thioether (sulfide) groups is 1. The Bertz CT molecular complexity index is 251. The van der Waals surface area contributed by atoms with E-state index in [4.69, 9.17) is 5.11 Å². The Labute approximate surface area is 93.8 Å². The summed E-state index contributed by atoms with van der Waals surface area (Å²) in [6.45, 7) is 3.70. The summed E-state index contributed by atoms with van der Waals surface area (Å²) < 4.78 is 0. The lowest BCUT2D eigenvalue weighted by Gasteiger charge is -2.15. The minimum Gasteiger partial charge on any atom is -0.480 e. The van der Waals surface area contributed by atoms with Crippen LogP contribution in [0.15, 0.2) is 0 Å². The van der Waals surface area contributed by atoms with E-state index < -0.39 is 11.2 Å². The third-order valence-corrected chi connectivity index (χ3v) is 3.72. The van der Waals surface area contributed by atoms with Crippen LogP contribution in [0, 0.1) is 5.92 Å². The van der Waals surface area contributed by atoms with Crippen molar-refractivity contribution in [3.8, 4) is 0 Å². The largest absolute Gasteiger partial charge is 0.480 e. The molecule has 0 aliphatic heterocycles. The molecule has 1 unspecified atom stereocenters. The standard InChI is InChI=1S/C10H17NO3S/c1-6(2)9(10(13)14)15-5-8(12)11-7-3-4-7/h6-7,9H,3-5H2,1-2H3,(H,11,12)(H,13,14). The van der Waals surface area contributed by atoms with Gasteiger partial charge >= 0.3 is 5.97 Å². The Hall–Kier alpha value is -0.710. The van der Waals surface area contributed by atoms with Crippen LogP contribution in [0.5, 0.6) is 0 Å². The summed E-state index contributed by atoms with van der Waals surface area (Å²) in [5.74, 6) is -0.601. The maximum absolute atomic E-state index is 11.3. The number of hydrogen-bond donors (Lipinski definition) is 2. The number of carbonyl (C=O) groups excluding carboxylic acids is 1. The van der Waals surface area contributed by atoms with Crippen molar-refractivity contribution in [3.05, 3.63) is 0 Å². The highest BCUT2D eigenvalue weighted by molar-refractivity contribution is 8.01. The molecule has 4 nitrogen and oxygen atoms in total. The molecule has 0 heterocycles. The number of nitrogens with one attached hydrogen (secondary N) is 1. The first kappa shape index (κ1) is 12.4. The summed E-state index contributed by atoms with van der Waals surface area (Å²) in [5.41, 5.74) is 0. The lowest BCUT2D eigenvalue weighted by Crippen LogP contribution is -2.30. The smallest absolute Gasteiger partial charge is 0.316 e. The van der Waals surface area contributed by atoms with E-state index in [2.05, 4.69) is 5.32 Å². The molecule has 1 aliphatic carbocycles. The zero-order valence-corrected chi connectivity index (χ0v) is 9.84. The van der Waals surface area contributed by atoms with Crippen molar-refractivity contribution in [3.63, 3.8) is 0 Å². The van der Waals surface area contributed by atoms with Crippen molar-refractivity contribution >= 4 is 23.6 Å². The minimum absolute atomic E-state index is 0.0428. The maximum Gasteiger partial charge on any atom is 0.316 e. The molecule has 1 atom stereocenters. The summed E-state index contributed by atoms with van der Waals surface area (Å²) in [5, 5.41) is 11.2. The van der Waals surface area contributed by atoms with Gasteiger partial charge in [-0.3, -0.25) is 9.59 Å². The fourth-order valence-corrected chi connectivity index (χ4v) is 2.15. The van der Waals surface area contributed by atoms with Gasteiger partial charge < -0.3 is 10.4 Å². The lowest BCUT2D eigenvalue weighted by atomic mass is 10.1. The van der Waals surface area contributed by atoms with E-state index in [0.29, 0.717) is 6.04 Å². The highest BCUT2D eigenvalue weighted by atomic mass is 32.2. The van der Waals surface area contributed by atoms with Gasteiger partial charge in [0.2, 0.25) is 5.91 Å². The highest BCUT2D eigenvalue weighted by Crippen LogP contribution is 2.21. The molecule has 1 fully saturated rings. The van der Waals surface area contributed by atoms with Crippen LogP contribution in [0.3, 0.4) is 0 Å². The fourth-order valence-electron chi connectivity index (χ4n) is 1.21. The van der Waals surface area contributed by atoms with Gasteiger partial charge in [-0.15, -0.1) is 11.8 Å². The molecule has 1 aliphatic rings. The van der Waals surface area contributed by atoms with Gasteiger partial charge in [-0.2, -0.15) is 0 Å². The average molecular weight is 231 g/mol. The number of carbonyl (C=O) groups is 2. The van der Waals surface area contributed by atoms with E-state index in [1.807, 2.05) is 13.8 Å². The number of carboxylic acids is 1. The molecule has 2 N–H and O–H groups in total. The normalized spacial score (nSPS) is 17.5. The second-order valence-corrected chi connectivity index (χ2v) is 5.29. The molecule has 1 amide bonds. The highest BCUT2D eigenvalue weighted by Gasteiger charge is 2.26. The van der Waals surface area contributed by atoms with Crippen LogP contribution in [-0.2, 0) is 9.59 Å². The molecular weight excluding hydrogens is 214 g/mol. The van der Waals surface area contributed by atoms with Crippen molar-refractivity contribution in [2.45, 2.75) is 38.0 Å². The van der Waals surface area contributed by atoms with Gasteiger partial charge in [-0.25, -0.2) is 0 Å². The first-order chi connectivity index (χ1) is 7.00. The summed E-state index contributed by atoms with van der Waals surface area (Å²) in [6.07, 6.45) is 2.12. The van der Waals surface area contributed by atoms with E-state index in [-0.39, 0.29) is 17.6 Å². The number of rotatable bonds is 6. The summed E-state index contributed by atoms with van der Waals surface area (Å²) in [6, 6.07) is 0.348. The molecule has 0 bridgehead atoms. The molecule has 86 valence electrons. The van der Waals surface area contributed by atoms with Crippen molar-refractivity contribution < 1.29 is 14.7 Å². The lowest BCUT2D eigenvalue weighted by molar-refractivity contribution is -0.137. The molecule has 5 heteroatoms. The first-order valence-corrected chi connectivity index (χ1v) is 6.19. The molecule has 0 aromatic carbocycles. The summed E-state index contributed by atoms with van der Waals surface area (Å²) in [7, 11) is 0. The molecule has 0 spiro atoms. The van der Waals surface area contributed by atoms with Gasteiger partial charge in [0.05, 0.1) is 5.75 Å². The van der Waals surface area contributed by atoms with E-state index in [0.717, 1.165) is 12.8 Å². The van der Waals surface area contributed by atoms with Gasteiger partial charge in [0.15, 0.2) is 0 Å². The molecule has 15 heavy (non-hydrogen) atoms. The van der Waals surface area contributed by atoms with Gasteiger partial charge in [-0.05, 0) is 18.8 Å². The Morgan fingerprint density at radius 3 is 2.47 bits per heavy atom. The quantitative estimate of drug-likeness (QED) is 0.718. The van der Waals surface area contributed by atoms with Crippen LogP contribution >= 0.6 is 11.8 Å². The second-order valence-electron chi connectivity index (χ2n) is 4.16. The number of amides is 1. The van der Waals surface area contributed by atoms with Crippen LogP contribution in [0.4, 0.5) is 0 Å². The zero-order valence-electron chi connectivity index (χ0n) is 9.03. The van der Waals surface area contributed by atoms with E-state index in [9.17, 15) is 9.59 Å². The molecule has 0 saturated heterocycles. The van der Waals surface area contributed by atoms with Gasteiger partial charge in [0.1, 0.15) is 5.25 Å². The molecule has 0 aromatic heterocycles. The Morgan fingerprint density at radius 2 is 2.07 bits per heavy atom. The van der Waals surface area contributed by atoms with Gasteiger partial charge in [0, 0.05) is 6.04 Å². The summed E-state index contributed by atoms with van der Waals surface area (Å²) in [4.78, 5) is 22.2. The van der Waals surface area contributed by atoms with Crippen LogP contribution in [-0.4, -0.2) is 34.0 Å². The van der Waals surface area contributed by atoms with Crippen LogP contribution in [0.2, 0.25) is 0 Å². The van der Waals surface area contributed by atoms with Gasteiger partial charge in [0.25, 0.3) is 0 Å².